The Bertz CT molecular complexity index is 1450. The summed E-state index contributed by atoms with van der Waals surface area (Å²) >= 11 is 0. The van der Waals surface area contributed by atoms with Crippen LogP contribution in [0.2, 0.25) is 0 Å². The van der Waals surface area contributed by atoms with Crippen LogP contribution in [-0.4, -0.2) is 69.3 Å². The second-order valence-corrected chi connectivity index (χ2v) is 11.7. The number of hydrogen-bond acceptors (Lipinski definition) is 5. The molecule has 3 heterocycles. The monoisotopic (exact) mass is 573 g/mol. The van der Waals surface area contributed by atoms with Crippen molar-refractivity contribution >= 4 is 34.7 Å². The fourth-order valence-corrected chi connectivity index (χ4v) is 6.34. The van der Waals surface area contributed by atoms with Crippen LogP contribution in [0.1, 0.15) is 50.7 Å². The van der Waals surface area contributed by atoms with Crippen molar-refractivity contribution in [3.8, 4) is 0 Å². The highest BCUT2D eigenvalue weighted by Gasteiger charge is 2.57. The van der Waals surface area contributed by atoms with E-state index in [1.165, 1.54) is 0 Å². The third kappa shape index (κ3) is 5.84. The third-order valence-electron chi connectivity index (χ3n) is 8.47. The van der Waals surface area contributed by atoms with Gasteiger partial charge in [-0.2, -0.15) is 0 Å². The molecule has 3 atom stereocenters. The van der Waals surface area contributed by atoms with Crippen LogP contribution in [0.3, 0.4) is 0 Å². The first-order valence-corrected chi connectivity index (χ1v) is 14.6. The van der Waals surface area contributed by atoms with Gasteiger partial charge in [-0.25, -0.2) is 4.79 Å². The molecule has 2 fully saturated rings. The lowest BCUT2D eigenvalue weighted by Gasteiger charge is -2.35. The van der Waals surface area contributed by atoms with E-state index < -0.39 is 35.5 Å². The normalized spacial score (nSPS) is 19.9. The smallest absolute Gasteiger partial charge is 0.411 e. The van der Waals surface area contributed by atoms with E-state index in [0.29, 0.717) is 38.8 Å². The lowest BCUT2D eigenvalue weighted by molar-refractivity contribution is -0.144. The number of nitrogens with one attached hydrogen (secondary N) is 2. The van der Waals surface area contributed by atoms with E-state index in [4.69, 9.17) is 10.5 Å². The van der Waals surface area contributed by atoms with Gasteiger partial charge < -0.3 is 25.7 Å². The number of rotatable bonds is 10. The molecule has 2 aromatic carbocycles. The van der Waals surface area contributed by atoms with Crippen LogP contribution in [0.4, 0.5) is 4.79 Å². The molecule has 2 aliphatic heterocycles. The van der Waals surface area contributed by atoms with Crippen LogP contribution in [0.5, 0.6) is 0 Å². The number of benzene rings is 2. The van der Waals surface area contributed by atoms with Gasteiger partial charge in [-0.1, -0.05) is 62.4 Å². The Morgan fingerprint density at radius 2 is 1.79 bits per heavy atom. The van der Waals surface area contributed by atoms with Gasteiger partial charge in [0.1, 0.15) is 24.2 Å². The van der Waals surface area contributed by atoms with E-state index in [1.54, 1.807) is 9.80 Å². The average Bonchev–Trinajstić information content (AvgIpc) is 3.68. The number of amides is 4. The molecule has 42 heavy (non-hydrogen) atoms. The Morgan fingerprint density at radius 1 is 1.05 bits per heavy atom. The molecule has 10 nitrogen and oxygen atoms in total. The number of ether oxygens (including phenoxy) is 1. The van der Waals surface area contributed by atoms with Gasteiger partial charge in [-0.3, -0.25) is 19.3 Å². The molecule has 0 unspecified atom stereocenters. The van der Waals surface area contributed by atoms with Crippen molar-refractivity contribution in [2.75, 3.05) is 13.1 Å². The number of primary amides is 1. The number of nitrogens with zero attached hydrogens (tertiary/aromatic N) is 2. The summed E-state index contributed by atoms with van der Waals surface area (Å²) in [4.78, 5) is 59.8. The lowest BCUT2D eigenvalue weighted by atomic mass is 9.94. The molecule has 0 saturated carbocycles. The Balaban J connectivity index is 1.31. The SMILES string of the molecule is CC(C)C[C@@H](C(=O)N[C@@H](Cc1c[nH]c2ccccc12)C(N)=O)N1CC[C@@]2(CCCN2C(=O)OCc2ccccc2)C1=O. The van der Waals surface area contributed by atoms with Crippen LogP contribution in [0.25, 0.3) is 10.9 Å². The molecule has 3 aromatic rings. The van der Waals surface area contributed by atoms with Gasteiger partial charge in [0.2, 0.25) is 17.7 Å². The number of nitrogens with two attached hydrogens (primary N) is 1. The number of fused-ring (bicyclic) bond motifs is 1. The van der Waals surface area contributed by atoms with E-state index in [-0.39, 0.29) is 24.9 Å². The number of aromatic amines is 1. The molecule has 4 amide bonds. The molecule has 0 aliphatic carbocycles. The Morgan fingerprint density at radius 3 is 2.52 bits per heavy atom. The lowest BCUT2D eigenvalue weighted by Crippen LogP contribution is -2.58. The minimum absolute atomic E-state index is 0.0984. The minimum Gasteiger partial charge on any atom is -0.445 e. The average molecular weight is 574 g/mol. The second-order valence-electron chi connectivity index (χ2n) is 11.7. The van der Waals surface area contributed by atoms with Gasteiger partial charge in [-0.05, 0) is 48.8 Å². The summed E-state index contributed by atoms with van der Waals surface area (Å²) in [6, 6.07) is 15.4. The zero-order valence-electron chi connectivity index (χ0n) is 24.2. The summed E-state index contributed by atoms with van der Waals surface area (Å²) in [5.74, 6) is -1.22. The number of hydrogen-bond donors (Lipinski definition) is 3. The van der Waals surface area contributed by atoms with E-state index in [2.05, 4.69) is 10.3 Å². The number of H-pyrrole nitrogens is 1. The first-order valence-electron chi connectivity index (χ1n) is 14.6. The van der Waals surface area contributed by atoms with Crippen molar-refractivity contribution in [1.29, 1.82) is 0 Å². The maximum absolute atomic E-state index is 14.1. The maximum atomic E-state index is 14.1. The number of para-hydroxylation sites is 1. The quantitative estimate of drug-likeness (QED) is 0.341. The fraction of sp³-hybridized carbons (Fsp3) is 0.438. The molecule has 222 valence electrons. The number of aromatic nitrogens is 1. The molecule has 5 rings (SSSR count). The van der Waals surface area contributed by atoms with Gasteiger partial charge in [0.05, 0.1) is 0 Å². The standard InChI is InChI=1S/C32H39N5O5/c1-21(2)17-27(29(39)35-26(28(33)38)18-23-19-34-25-12-7-6-11-24(23)25)36-16-14-32(30(36)40)13-8-15-37(32)31(41)42-20-22-9-4-3-5-10-22/h3-7,9-12,19,21,26-27,34H,8,13-18,20H2,1-2H3,(H2,33,38)(H,35,39)/t26-,27-,32-/m0/s1. The molecular weight excluding hydrogens is 534 g/mol. The molecule has 4 N–H and O–H groups in total. The number of likely N-dealkylation sites (tertiary alicyclic amines) is 2. The second kappa shape index (κ2) is 12.3. The predicted octanol–water partition coefficient (Wildman–Crippen LogP) is 3.50. The topological polar surface area (TPSA) is 138 Å². The first kappa shape index (κ1) is 29.2. The summed E-state index contributed by atoms with van der Waals surface area (Å²) in [7, 11) is 0. The zero-order chi connectivity index (χ0) is 29.9. The Hall–Kier alpha value is -4.34. The first-order chi connectivity index (χ1) is 20.2. The van der Waals surface area contributed by atoms with E-state index in [0.717, 1.165) is 22.0 Å². The van der Waals surface area contributed by atoms with Gasteiger partial charge in [0.15, 0.2) is 0 Å². The summed E-state index contributed by atoms with van der Waals surface area (Å²) in [6.07, 6.45) is 3.53. The summed E-state index contributed by atoms with van der Waals surface area (Å²) in [5, 5.41) is 3.80. The molecule has 0 radical (unpaired) electrons. The Labute approximate surface area is 245 Å². The van der Waals surface area contributed by atoms with Crippen LogP contribution in [0.15, 0.2) is 60.8 Å². The molecule has 2 aliphatic rings. The largest absolute Gasteiger partial charge is 0.445 e. The number of carbonyl (C=O) groups excluding carboxylic acids is 4. The van der Waals surface area contributed by atoms with Crippen molar-refractivity contribution < 1.29 is 23.9 Å². The van der Waals surface area contributed by atoms with E-state index in [1.807, 2.05) is 74.6 Å². The fourth-order valence-electron chi connectivity index (χ4n) is 6.34. The summed E-state index contributed by atoms with van der Waals surface area (Å²) in [5.41, 5.74) is 7.36. The van der Waals surface area contributed by atoms with E-state index in [9.17, 15) is 19.2 Å². The van der Waals surface area contributed by atoms with Crippen molar-refractivity contribution in [1.82, 2.24) is 20.1 Å². The summed E-state index contributed by atoms with van der Waals surface area (Å²) < 4.78 is 5.60. The molecule has 2 saturated heterocycles. The molecule has 0 bridgehead atoms. The van der Waals surface area contributed by atoms with Crippen molar-refractivity contribution in [2.24, 2.45) is 11.7 Å². The molecule has 10 heteroatoms. The van der Waals surface area contributed by atoms with Gasteiger partial charge >= 0.3 is 6.09 Å². The van der Waals surface area contributed by atoms with Crippen LogP contribution in [-0.2, 0) is 32.1 Å². The summed E-state index contributed by atoms with van der Waals surface area (Å²) in [6.45, 7) is 4.83. The zero-order valence-corrected chi connectivity index (χ0v) is 24.2. The van der Waals surface area contributed by atoms with Crippen LogP contribution < -0.4 is 11.1 Å². The van der Waals surface area contributed by atoms with Crippen LogP contribution in [0, 0.1) is 5.92 Å². The van der Waals surface area contributed by atoms with Gasteiger partial charge in [0, 0.05) is 36.6 Å². The van der Waals surface area contributed by atoms with Gasteiger partial charge in [-0.15, -0.1) is 0 Å². The molecule has 1 spiro atoms. The third-order valence-corrected chi connectivity index (χ3v) is 8.47. The van der Waals surface area contributed by atoms with Crippen molar-refractivity contribution in [3.63, 3.8) is 0 Å². The molecular formula is C32H39N5O5. The van der Waals surface area contributed by atoms with Gasteiger partial charge in [0.25, 0.3) is 0 Å². The van der Waals surface area contributed by atoms with Crippen molar-refractivity contribution in [3.05, 3.63) is 71.9 Å². The molecule has 1 aromatic heterocycles. The van der Waals surface area contributed by atoms with E-state index >= 15 is 0 Å². The highest BCUT2D eigenvalue weighted by Crippen LogP contribution is 2.40. The Kier molecular flexibility index (Phi) is 8.51. The maximum Gasteiger partial charge on any atom is 0.411 e. The predicted molar refractivity (Wildman–Crippen MR) is 158 cm³/mol. The minimum atomic E-state index is -1.03. The highest BCUT2D eigenvalue weighted by molar-refractivity contribution is 5.97. The highest BCUT2D eigenvalue weighted by atomic mass is 16.6. The number of carbonyl (C=O) groups is 4. The van der Waals surface area contributed by atoms with Crippen LogP contribution >= 0.6 is 0 Å². The van der Waals surface area contributed by atoms with Crippen molar-refractivity contribution in [2.45, 2.75) is 70.2 Å².